The van der Waals surface area contributed by atoms with Gasteiger partial charge in [0, 0.05) is 24.4 Å². The summed E-state index contributed by atoms with van der Waals surface area (Å²) in [6.45, 7) is 2.03. The Balaban J connectivity index is 1.41. The number of likely N-dealkylation sites (tertiary alicyclic amines) is 1. The third-order valence-corrected chi connectivity index (χ3v) is 8.47. The molecule has 1 aromatic heterocycles. The Morgan fingerprint density at radius 1 is 1.24 bits per heavy atom. The number of carbonyl (C=O) groups is 1. The van der Waals surface area contributed by atoms with Gasteiger partial charge in [-0.2, -0.15) is 0 Å². The highest BCUT2D eigenvalue weighted by Gasteiger charge is 2.50. The molecule has 25 heavy (non-hydrogen) atoms. The molecule has 3 nitrogen and oxygen atoms in total. The zero-order valence-corrected chi connectivity index (χ0v) is 16.6. The van der Waals surface area contributed by atoms with Crippen LogP contribution in [0.25, 0.3) is 0 Å². The molecule has 0 unspecified atom stereocenters. The average molecular weight is 361 g/mol. The molecule has 3 fully saturated rings. The predicted molar refractivity (Wildman–Crippen MR) is 104 cm³/mol. The van der Waals surface area contributed by atoms with Gasteiger partial charge in [0.05, 0.1) is 5.54 Å². The van der Waals surface area contributed by atoms with E-state index in [9.17, 15) is 4.79 Å². The van der Waals surface area contributed by atoms with Gasteiger partial charge in [0.1, 0.15) is 0 Å². The maximum atomic E-state index is 12.6. The zero-order chi connectivity index (χ0) is 17.5. The second-order valence-electron chi connectivity index (χ2n) is 8.98. The van der Waals surface area contributed by atoms with Gasteiger partial charge >= 0.3 is 0 Å². The molecule has 3 aliphatic rings. The van der Waals surface area contributed by atoms with E-state index in [-0.39, 0.29) is 11.0 Å². The van der Waals surface area contributed by atoms with Crippen LogP contribution in [0, 0.1) is 11.3 Å². The summed E-state index contributed by atoms with van der Waals surface area (Å²) in [7, 11) is 4.45. The van der Waals surface area contributed by atoms with E-state index in [0.29, 0.717) is 5.91 Å². The third kappa shape index (κ3) is 3.16. The number of hydrogen-bond acceptors (Lipinski definition) is 3. The molecule has 1 spiro atoms. The van der Waals surface area contributed by atoms with E-state index in [4.69, 9.17) is 0 Å². The molecule has 4 heteroatoms. The highest BCUT2D eigenvalue weighted by atomic mass is 32.1. The number of thiophene rings is 1. The monoisotopic (exact) mass is 360 g/mol. The van der Waals surface area contributed by atoms with E-state index in [1.54, 1.807) is 0 Å². The van der Waals surface area contributed by atoms with E-state index in [0.717, 1.165) is 25.4 Å². The third-order valence-electron chi connectivity index (χ3n) is 7.41. The van der Waals surface area contributed by atoms with E-state index >= 15 is 0 Å². The van der Waals surface area contributed by atoms with Gasteiger partial charge in [0.15, 0.2) is 0 Å². The molecular formula is C21H32N2OS. The van der Waals surface area contributed by atoms with Crippen LogP contribution in [-0.4, -0.2) is 42.9 Å². The highest BCUT2D eigenvalue weighted by molar-refractivity contribution is 7.10. The number of rotatable bonds is 5. The molecule has 1 aromatic rings. The molecule has 0 radical (unpaired) electrons. The van der Waals surface area contributed by atoms with Crippen molar-refractivity contribution >= 4 is 17.2 Å². The van der Waals surface area contributed by atoms with E-state index in [2.05, 4.69) is 41.4 Å². The van der Waals surface area contributed by atoms with Crippen LogP contribution in [-0.2, 0) is 10.3 Å². The summed E-state index contributed by atoms with van der Waals surface area (Å²) in [5.41, 5.74) is 0.440. The first-order valence-corrected chi connectivity index (χ1v) is 10.9. The number of nitrogens with zero attached hydrogens (tertiary/aromatic N) is 2. The molecule has 1 saturated heterocycles. The molecule has 1 aliphatic heterocycles. The zero-order valence-electron chi connectivity index (χ0n) is 15.8. The van der Waals surface area contributed by atoms with Crippen LogP contribution in [0.15, 0.2) is 17.5 Å². The fourth-order valence-electron chi connectivity index (χ4n) is 5.29. The van der Waals surface area contributed by atoms with Crippen molar-refractivity contribution in [1.82, 2.24) is 9.80 Å². The Labute approximate surface area is 156 Å². The van der Waals surface area contributed by atoms with Gasteiger partial charge in [-0.1, -0.05) is 25.3 Å². The van der Waals surface area contributed by atoms with E-state index in [1.807, 2.05) is 11.3 Å². The van der Waals surface area contributed by atoms with Crippen molar-refractivity contribution in [3.05, 3.63) is 22.4 Å². The average Bonchev–Trinajstić information content (AvgIpc) is 3.16. The summed E-state index contributed by atoms with van der Waals surface area (Å²) in [6.07, 6.45) is 11.0. The first kappa shape index (κ1) is 17.5. The lowest BCUT2D eigenvalue weighted by molar-refractivity contribution is -0.128. The summed E-state index contributed by atoms with van der Waals surface area (Å²) in [5, 5.41) is 2.20. The Bertz CT molecular complexity index is 597. The molecule has 4 rings (SSSR count). The Kier molecular flexibility index (Phi) is 4.70. The molecule has 0 N–H and O–H groups in total. The molecule has 2 aliphatic carbocycles. The smallest absolute Gasteiger partial charge is 0.223 e. The fourth-order valence-corrected chi connectivity index (χ4v) is 6.36. The minimum atomic E-state index is 0.182. The van der Waals surface area contributed by atoms with Gasteiger partial charge in [-0.15, -0.1) is 11.3 Å². The lowest BCUT2D eigenvalue weighted by Gasteiger charge is -2.48. The van der Waals surface area contributed by atoms with Gasteiger partial charge < -0.3 is 4.90 Å². The molecule has 2 saturated carbocycles. The van der Waals surface area contributed by atoms with Gasteiger partial charge in [-0.3, -0.25) is 9.69 Å². The molecule has 138 valence electrons. The minimum Gasteiger partial charge on any atom is -0.342 e. The lowest BCUT2D eigenvalue weighted by atomic mass is 9.66. The predicted octanol–water partition coefficient (Wildman–Crippen LogP) is 4.49. The number of hydrogen-bond donors (Lipinski definition) is 0. The molecule has 2 heterocycles. The molecular weight excluding hydrogens is 328 g/mol. The maximum Gasteiger partial charge on any atom is 0.223 e. The maximum absolute atomic E-state index is 12.6. The van der Waals surface area contributed by atoms with Crippen LogP contribution in [0.2, 0.25) is 0 Å². The van der Waals surface area contributed by atoms with Crippen molar-refractivity contribution in [3.63, 3.8) is 0 Å². The summed E-state index contributed by atoms with van der Waals surface area (Å²) in [6, 6.07) is 4.48. The second kappa shape index (κ2) is 6.70. The van der Waals surface area contributed by atoms with Crippen molar-refractivity contribution in [1.29, 1.82) is 0 Å². The normalized spacial score (nSPS) is 33.4. The summed E-state index contributed by atoms with van der Waals surface area (Å²) in [4.78, 5) is 18.7. The molecule has 0 aromatic carbocycles. The lowest BCUT2D eigenvalue weighted by Crippen LogP contribution is -2.47. The van der Waals surface area contributed by atoms with E-state index in [1.165, 1.54) is 56.2 Å². The SMILES string of the molecule is CN(C)C1(c2cccs2)CCC2(CC1)CC(=O)N(CCC1CCC1)C2. The first-order chi connectivity index (χ1) is 12.0. The molecule has 0 bridgehead atoms. The van der Waals surface area contributed by atoms with Crippen molar-refractivity contribution in [2.45, 2.75) is 63.3 Å². The summed E-state index contributed by atoms with van der Waals surface area (Å²) < 4.78 is 0. The summed E-state index contributed by atoms with van der Waals surface area (Å²) in [5.74, 6) is 1.32. The first-order valence-electron chi connectivity index (χ1n) is 10.0. The van der Waals surface area contributed by atoms with Gasteiger partial charge in [-0.25, -0.2) is 0 Å². The van der Waals surface area contributed by atoms with Crippen molar-refractivity contribution in [2.75, 3.05) is 27.2 Å². The molecule has 1 amide bonds. The van der Waals surface area contributed by atoms with Crippen LogP contribution < -0.4 is 0 Å². The van der Waals surface area contributed by atoms with Gasteiger partial charge in [0.25, 0.3) is 0 Å². The Morgan fingerprint density at radius 3 is 2.56 bits per heavy atom. The van der Waals surface area contributed by atoms with Crippen LogP contribution in [0.5, 0.6) is 0 Å². The standard InChI is InChI=1S/C21H32N2OS/c1-22(2)21(18-7-4-14-25-18)11-9-20(10-12-21)15-19(24)23(16-20)13-8-17-5-3-6-17/h4,7,14,17H,3,5-6,8-13,15-16H2,1-2H3. The Morgan fingerprint density at radius 2 is 2.00 bits per heavy atom. The number of amides is 1. The highest BCUT2D eigenvalue weighted by Crippen LogP contribution is 2.52. The van der Waals surface area contributed by atoms with Crippen molar-refractivity contribution in [3.8, 4) is 0 Å². The van der Waals surface area contributed by atoms with E-state index < -0.39 is 0 Å². The quantitative estimate of drug-likeness (QED) is 0.772. The Hall–Kier alpha value is -0.870. The van der Waals surface area contributed by atoms with Crippen LogP contribution in [0.1, 0.15) is 62.7 Å². The van der Waals surface area contributed by atoms with Gasteiger partial charge in [-0.05, 0) is 69.0 Å². The number of carbonyl (C=O) groups excluding carboxylic acids is 1. The van der Waals surface area contributed by atoms with Crippen LogP contribution in [0.3, 0.4) is 0 Å². The fraction of sp³-hybridized carbons (Fsp3) is 0.762. The minimum absolute atomic E-state index is 0.182. The van der Waals surface area contributed by atoms with Crippen LogP contribution >= 0.6 is 11.3 Å². The van der Waals surface area contributed by atoms with Gasteiger partial charge in [0.2, 0.25) is 5.91 Å². The topological polar surface area (TPSA) is 23.6 Å². The van der Waals surface area contributed by atoms with Crippen molar-refractivity contribution in [2.24, 2.45) is 11.3 Å². The second-order valence-corrected chi connectivity index (χ2v) is 9.93. The summed E-state index contributed by atoms with van der Waals surface area (Å²) >= 11 is 1.89. The van der Waals surface area contributed by atoms with Crippen molar-refractivity contribution < 1.29 is 4.79 Å². The van der Waals surface area contributed by atoms with Crippen LogP contribution in [0.4, 0.5) is 0 Å². The molecule has 0 atom stereocenters. The largest absolute Gasteiger partial charge is 0.342 e.